The van der Waals surface area contributed by atoms with Crippen molar-refractivity contribution in [2.75, 3.05) is 64.6 Å². The standard InChI is InChI=1S/C17H27N3O5S/c1-18-9-11-19(12-10-18)17(21)7-8-20(26(4,22)23)15-13-14(24-2)5-6-16(15)25-3/h5-6,13H,7-12H2,1-4H3. The van der Waals surface area contributed by atoms with E-state index >= 15 is 0 Å². The molecule has 0 radical (unpaired) electrons. The van der Waals surface area contributed by atoms with Gasteiger partial charge in [0.15, 0.2) is 0 Å². The van der Waals surface area contributed by atoms with Gasteiger partial charge in [0.2, 0.25) is 15.9 Å². The molecule has 0 bridgehead atoms. The average molecular weight is 385 g/mol. The van der Waals surface area contributed by atoms with Gasteiger partial charge in [-0.15, -0.1) is 0 Å². The SMILES string of the molecule is COc1ccc(OC)c(N(CCC(=O)N2CCN(C)CC2)S(C)(=O)=O)c1. The molecule has 0 saturated carbocycles. The molecule has 0 aliphatic carbocycles. The first-order valence-electron chi connectivity index (χ1n) is 8.42. The first-order chi connectivity index (χ1) is 12.3. The van der Waals surface area contributed by atoms with Gasteiger partial charge in [-0.25, -0.2) is 8.42 Å². The maximum Gasteiger partial charge on any atom is 0.232 e. The Kier molecular flexibility index (Phi) is 6.71. The quantitative estimate of drug-likeness (QED) is 0.685. The van der Waals surface area contributed by atoms with E-state index in [1.807, 2.05) is 7.05 Å². The second-order valence-corrected chi connectivity index (χ2v) is 8.21. The van der Waals surface area contributed by atoms with Gasteiger partial charge in [0.05, 0.1) is 26.2 Å². The maximum absolute atomic E-state index is 12.5. The zero-order valence-electron chi connectivity index (χ0n) is 15.8. The van der Waals surface area contributed by atoms with Crippen molar-refractivity contribution in [3.63, 3.8) is 0 Å². The molecule has 146 valence electrons. The molecule has 26 heavy (non-hydrogen) atoms. The van der Waals surface area contributed by atoms with Crippen LogP contribution < -0.4 is 13.8 Å². The van der Waals surface area contributed by atoms with Crippen molar-refractivity contribution < 1.29 is 22.7 Å². The molecule has 0 spiro atoms. The molecule has 1 aromatic rings. The molecule has 1 amide bonds. The van der Waals surface area contributed by atoms with Crippen molar-refractivity contribution in [2.45, 2.75) is 6.42 Å². The summed E-state index contributed by atoms with van der Waals surface area (Å²) in [6, 6.07) is 4.94. The van der Waals surface area contributed by atoms with Crippen LogP contribution in [-0.2, 0) is 14.8 Å². The fourth-order valence-corrected chi connectivity index (χ4v) is 3.79. The predicted molar refractivity (Wildman–Crippen MR) is 100 cm³/mol. The highest BCUT2D eigenvalue weighted by Crippen LogP contribution is 2.33. The Labute approximate surface area is 155 Å². The van der Waals surface area contributed by atoms with E-state index < -0.39 is 10.0 Å². The summed E-state index contributed by atoms with van der Waals surface area (Å²) < 4.78 is 36.3. The Morgan fingerprint density at radius 3 is 2.35 bits per heavy atom. The highest BCUT2D eigenvalue weighted by Gasteiger charge is 2.25. The van der Waals surface area contributed by atoms with Crippen LogP contribution >= 0.6 is 0 Å². The summed E-state index contributed by atoms with van der Waals surface area (Å²) in [5.41, 5.74) is 0.362. The van der Waals surface area contributed by atoms with E-state index in [0.29, 0.717) is 30.3 Å². The first-order valence-corrected chi connectivity index (χ1v) is 10.3. The molecule has 1 aliphatic heterocycles. The van der Waals surface area contributed by atoms with Gasteiger partial charge >= 0.3 is 0 Å². The minimum atomic E-state index is -3.59. The van der Waals surface area contributed by atoms with Crippen LogP contribution in [0.15, 0.2) is 18.2 Å². The van der Waals surface area contributed by atoms with Gasteiger partial charge in [-0.3, -0.25) is 9.10 Å². The molecule has 1 heterocycles. The second-order valence-electron chi connectivity index (χ2n) is 6.31. The number of hydrogen-bond acceptors (Lipinski definition) is 6. The van der Waals surface area contributed by atoms with Crippen LogP contribution in [0.5, 0.6) is 11.5 Å². The summed E-state index contributed by atoms with van der Waals surface area (Å²) in [4.78, 5) is 16.4. The van der Waals surface area contributed by atoms with Crippen LogP contribution in [0.25, 0.3) is 0 Å². The number of hydrogen-bond donors (Lipinski definition) is 0. The maximum atomic E-state index is 12.5. The molecule has 8 nitrogen and oxygen atoms in total. The topological polar surface area (TPSA) is 79.4 Å². The molecule has 0 aromatic heterocycles. The summed E-state index contributed by atoms with van der Waals surface area (Å²) in [5.74, 6) is 0.872. The Bertz CT molecular complexity index is 730. The number of ether oxygens (including phenoxy) is 2. The Morgan fingerprint density at radius 2 is 1.81 bits per heavy atom. The molecular formula is C17H27N3O5S. The van der Waals surface area contributed by atoms with Crippen molar-refractivity contribution in [3.8, 4) is 11.5 Å². The predicted octanol–water partition coefficient (Wildman–Crippen LogP) is 0.634. The van der Waals surface area contributed by atoms with Crippen molar-refractivity contribution in [3.05, 3.63) is 18.2 Å². The largest absolute Gasteiger partial charge is 0.497 e. The molecule has 0 unspecified atom stereocenters. The van der Waals surface area contributed by atoms with Crippen molar-refractivity contribution in [1.29, 1.82) is 0 Å². The molecule has 2 rings (SSSR count). The van der Waals surface area contributed by atoms with Crippen LogP contribution in [0.3, 0.4) is 0 Å². The van der Waals surface area contributed by atoms with E-state index in [9.17, 15) is 13.2 Å². The Morgan fingerprint density at radius 1 is 1.15 bits per heavy atom. The van der Waals surface area contributed by atoms with E-state index in [1.54, 1.807) is 23.1 Å². The van der Waals surface area contributed by atoms with Gasteiger partial charge < -0.3 is 19.3 Å². The minimum absolute atomic E-state index is 0.0476. The number of anilines is 1. The number of benzene rings is 1. The number of amides is 1. The zero-order valence-corrected chi connectivity index (χ0v) is 16.6. The van der Waals surface area contributed by atoms with E-state index in [1.165, 1.54) is 18.5 Å². The van der Waals surface area contributed by atoms with Gasteiger partial charge in [-0.2, -0.15) is 0 Å². The third kappa shape index (κ3) is 5.01. The van der Waals surface area contributed by atoms with Gasteiger partial charge in [0, 0.05) is 45.2 Å². The third-order valence-corrected chi connectivity index (χ3v) is 5.62. The van der Waals surface area contributed by atoms with E-state index in [2.05, 4.69) is 4.90 Å². The lowest BCUT2D eigenvalue weighted by molar-refractivity contribution is -0.132. The summed E-state index contributed by atoms with van der Waals surface area (Å²) >= 11 is 0. The number of nitrogens with zero attached hydrogens (tertiary/aromatic N) is 3. The number of sulfonamides is 1. The minimum Gasteiger partial charge on any atom is -0.497 e. The number of likely N-dealkylation sites (N-methyl/N-ethyl adjacent to an activating group) is 1. The van der Waals surface area contributed by atoms with E-state index in [4.69, 9.17) is 9.47 Å². The lowest BCUT2D eigenvalue weighted by Crippen LogP contribution is -2.48. The van der Waals surface area contributed by atoms with Crippen molar-refractivity contribution in [1.82, 2.24) is 9.80 Å². The molecular weight excluding hydrogens is 358 g/mol. The summed E-state index contributed by atoms with van der Waals surface area (Å²) in [7, 11) is 1.40. The second kappa shape index (κ2) is 8.59. The number of carbonyl (C=O) groups excluding carboxylic acids is 1. The van der Waals surface area contributed by atoms with Gasteiger partial charge in [-0.1, -0.05) is 0 Å². The molecule has 9 heteroatoms. The molecule has 1 saturated heterocycles. The highest BCUT2D eigenvalue weighted by atomic mass is 32.2. The van der Waals surface area contributed by atoms with E-state index in [0.717, 1.165) is 19.3 Å². The van der Waals surface area contributed by atoms with Gasteiger partial charge in [-0.05, 0) is 19.2 Å². The fourth-order valence-electron chi connectivity index (χ4n) is 2.87. The zero-order chi connectivity index (χ0) is 19.3. The lowest BCUT2D eigenvalue weighted by atomic mass is 10.2. The molecule has 1 aliphatic rings. The molecule has 1 aromatic carbocycles. The van der Waals surface area contributed by atoms with Crippen LogP contribution in [0, 0.1) is 0 Å². The van der Waals surface area contributed by atoms with Crippen molar-refractivity contribution in [2.24, 2.45) is 0 Å². The summed E-state index contributed by atoms with van der Waals surface area (Å²) in [6.45, 7) is 3.03. The van der Waals surface area contributed by atoms with E-state index in [-0.39, 0.29) is 18.9 Å². The summed E-state index contributed by atoms with van der Waals surface area (Å²) in [5, 5.41) is 0. The lowest BCUT2D eigenvalue weighted by Gasteiger charge is -2.33. The average Bonchev–Trinajstić information content (AvgIpc) is 2.61. The summed E-state index contributed by atoms with van der Waals surface area (Å²) in [6.07, 6.45) is 1.23. The van der Waals surface area contributed by atoms with Crippen molar-refractivity contribution >= 4 is 21.6 Å². The van der Waals surface area contributed by atoms with Gasteiger partial charge in [0.1, 0.15) is 11.5 Å². The third-order valence-electron chi connectivity index (χ3n) is 4.44. The highest BCUT2D eigenvalue weighted by molar-refractivity contribution is 7.92. The smallest absolute Gasteiger partial charge is 0.232 e. The van der Waals surface area contributed by atoms with Crippen LogP contribution in [0.2, 0.25) is 0 Å². The number of rotatable bonds is 7. The van der Waals surface area contributed by atoms with Crippen LogP contribution in [-0.4, -0.2) is 84.4 Å². The molecule has 0 atom stereocenters. The van der Waals surface area contributed by atoms with Gasteiger partial charge in [0.25, 0.3) is 0 Å². The first kappa shape index (κ1) is 20.3. The molecule has 0 N–H and O–H groups in total. The number of carbonyl (C=O) groups is 1. The van der Waals surface area contributed by atoms with Crippen LogP contribution in [0.4, 0.5) is 5.69 Å². The fraction of sp³-hybridized carbons (Fsp3) is 0.588. The normalized spacial score (nSPS) is 15.6. The monoisotopic (exact) mass is 385 g/mol. The Balaban J connectivity index is 2.18. The van der Waals surface area contributed by atoms with Crippen LogP contribution in [0.1, 0.15) is 6.42 Å². The Hall–Kier alpha value is -2.00. The number of methoxy groups -OCH3 is 2. The number of piperazine rings is 1. The molecule has 1 fully saturated rings.